The van der Waals surface area contributed by atoms with Crippen molar-refractivity contribution in [3.8, 4) is 0 Å². The first kappa shape index (κ1) is 19.5. The number of benzene rings is 1. The maximum Gasteiger partial charge on any atom is 0.337 e. The van der Waals surface area contributed by atoms with E-state index >= 15 is 0 Å². The number of nitrogens with one attached hydrogen (secondary N) is 1. The van der Waals surface area contributed by atoms with Gasteiger partial charge in [0.25, 0.3) is 10.0 Å². The Balaban J connectivity index is 1.56. The number of sulfonamides is 1. The first-order chi connectivity index (χ1) is 12.9. The van der Waals surface area contributed by atoms with Gasteiger partial charge in [0.05, 0.1) is 12.7 Å². The maximum atomic E-state index is 12.5. The van der Waals surface area contributed by atoms with Gasteiger partial charge >= 0.3 is 5.97 Å². The SMILES string of the molecule is COC(=O)c1ccc(NC(=O)C2CCN(S(=O)(=O)c3cccs3)CC2)cc1. The number of hydrogen-bond acceptors (Lipinski definition) is 6. The van der Waals surface area contributed by atoms with Crippen molar-refractivity contribution in [3.05, 3.63) is 47.3 Å². The van der Waals surface area contributed by atoms with Crippen LogP contribution in [0.2, 0.25) is 0 Å². The van der Waals surface area contributed by atoms with Gasteiger partial charge in [-0.1, -0.05) is 6.07 Å². The van der Waals surface area contributed by atoms with E-state index in [1.54, 1.807) is 41.8 Å². The summed E-state index contributed by atoms with van der Waals surface area (Å²) >= 11 is 1.20. The van der Waals surface area contributed by atoms with E-state index in [1.807, 2.05) is 0 Å². The topological polar surface area (TPSA) is 92.8 Å². The van der Waals surface area contributed by atoms with Crippen LogP contribution in [0.4, 0.5) is 5.69 Å². The zero-order valence-corrected chi connectivity index (χ0v) is 16.4. The minimum Gasteiger partial charge on any atom is -0.465 e. The van der Waals surface area contributed by atoms with Crippen LogP contribution < -0.4 is 5.32 Å². The highest BCUT2D eigenvalue weighted by Crippen LogP contribution is 2.27. The van der Waals surface area contributed by atoms with Crippen molar-refractivity contribution in [1.29, 1.82) is 0 Å². The molecule has 144 valence electrons. The van der Waals surface area contributed by atoms with Gasteiger partial charge in [0.1, 0.15) is 4.21 Å². The molecule has 1 N–H and O–H groups in total. The lowest BCUT2D eigenvalue weighted by molar-refractivity contribution is -0.120. The predicted octanol–water partition coefficient (Wildman–Crippen LogP) is 2.57. The molecule has 1 fully saturated rings. The van der Waals surface area contributed by atoms with E-state index in [0.717, 1.165) is 0 Å². The average molecular weight is 409 g/mol. The van der Waals surface area contributed by atoms with Crippen LogP contribution >= 0.6 is 11.3 Å². The monoisotopic (exact) mass is 408 g/mol. The Morgan fingerprint density at radius 3 is 2.37 bits per heavy atom. The summed E-state index contributed by atoms with van der Waals surface area (Å²) in [6.07, 6.45) is 0.938. The highest BCUT2D eigenvalue weighted by molar-refractivity contribution is 7.91. The molecule has 1 saturated heterocycles. The van der Waals surface area contributed by atoms with Gasteiger partial charge in [0.15, 0.2) is 0 Å². The summed E-state index contributed by atoms with van der Waals surface area (Å²) < 4.78 is 31.5. The zero-order valence-electron chi connectivity index (χ0n) is 14.8. The number of thiophene rings is 1. The van der Waals surface area contributed by atoms with E-state index in [0.29, 0.717) is 41.4 Å². The standard InChI is InChI=1S/C18H20N2O5S2/c1-25-18(22)14-4-6-15(7-5-14)19-17(21)13-8-10-20(11-9-13)27(23,24)16-3-2-12-26-16/h2-7,12-13H,8-11H2,1H3,(H,19,21). The fourth-order valence-electron chi connectivity index (χ4n) is 2.95. The smallest absolute Gasteiger partial charge is 0.337 e. The van der Waals surface area contributed by atoms with Crippen molar-refractivity contribution in [1.82, 2.24) is 4.31 Å². The Labute approximate surface area is 162 Å². The highest BCUT2D eigenvalue weighted by Gasteiger charge is 2.32. The maximum absolute atomic E-state index is 12.5. The van der Waals surface area contributed by atoms with Gasteiger partial charge in [-0.15, -0.1) is 11.3 Å². The molecule has 27 heavy (non-hydrogen) atoms. The normalized spacial score (nSPS) is 16.0. The lowest BCUT2D eigenvalue weighted by atomic mass is 9.97. The Hall–Kier alpha value is -2.23. The molecule has 0 unspecified atom stereocenters. The average Bonchev–Trinajstić information content (AvgIpc) is 3.24. The minimum absolute atomic E-state index is 0.144. The fraction of sp³-hybridized carbons (Fsp3) is 0.333. The molecule has 0 aliphatic carbocycles. The summed E-state index contributed by atoms with van der Waals surface area (Å²) in [5, 5.41) is 4.55. The molecule has 0 bridgehead atoms. The summed E-state index contributed by atoms with van der Waals surface area (Å²) in [6.45, 7) is 0.638. The van der Waals surface area contributed by atoms with Crippen LogP contribution in [0.3, 0.4) is 0 Å². The Morgan fingerprint density at radius 2 is 1.81 bits per heavy atom. The molecular formula is C18H20N2O5S2. The second-order valence-electron chi connectivity index (χ2n) is 6.17. The van der Waals surface area contributed by atoms with E-state index in [4.69, 9.17) is 0 Å². The summed E-state index contributed by atoms with van der Waals surface area (Å²) in [5.74, 6) is -0.832. The molecule has 1 aromatic carbocycles. The van der Waals surface area contributed by atoms with Gasteiger partial charge in [0, 0.05) is 24.7 Å². The van der Waals surface area contributed by atoms with Crippen molar-refractivity contribution < 1.29 is 22.7 Å². The van der Waals surface area contributed by atoms with Crippen LogP contribution in [0.5, 0.6) is 0 Å². The minimum atomic E-state index is -3.47. The second-order valence-corrected chi connectivity index (χ2v) is 9.28. The predicted molar refractivity (Wildman–Crippen MR) is 102 cm³/mol. The molecule has 7 nitrogen and oxygen atoms in total. The summed E-state index contributed by atoms with van der Waals surface area (Å²) in [5.41, 5.74) is 0.990. The number of nitrogens with zero attached hydrogens (tertiary/aromatic N) is 1. The molecule has 9 heteroatoms. The molecule has 0 atom stereocenters. The fourth-order valence-corrected chi connectivity index (χ4v) is 5.56. The van der Waals surface area contributed by atoms with Crippen molar-refractivity contribution in [2.75, 3.05) is 25.5 Å². The molecule has 0 radical (unpaired) electrons. The van der Waals surface area contributed by atoms with Gasteiger partial charge in [-0.2, -0.15) is 4.31 Å². The number of esters is 1. The quantitative estimate of drug-likeness (QED) is 0.768. The summed E-state index contributed by atoms with van der Waals surface area (Å²) in [6, 6.07) is 9.75. The lowest BCUT2D eigenvalue weighted by Gasteiger charge is -2.30. The van der Waals surface area contributed by atoms with E-state index < -0.39 is 16.0 Å². The molecule has 3 rings (SSSR count). The third kappa shape index (κ3) is 4.37. The number of ether oxygens (including phenoxy) is 1. The summed E-state index contributed by atoms with van der Waals surface area (Å²) in [4.78, 5) is 23.9. The number of carbonyl (C=O) groups excluding carboxylic acids is 2. The van der Waals surface area contributed by atoms with Gasteiger partial charge in [-0.3, -0.25) is 4.79 Å². The molecule has 1 aliphatic heterocycles. The number of rotatable bonds is 5. The summed E-state index contributed by atoms with van der Waals surface area (Å²) in [7, 11) is -2.16. The lowest BCUT2D eigenvalue weighted by Crippen LogP contribution is -2.41. The second kappa shape index (κ2) is 8.20. The van der Waals surface area contributed by atoms with Crippen LogP contribution in [0, 0.1) is 5.92 Å². The van der Waals surface area contributed by atoms with E-state index in [1.165, 1.54) is 22.8 Å². The molecule has 0 saturated carbocycles. The van der Waals surface area contributed by atoms with Gasteiger partial charge < -0.3 is 10.1 Å². The van der Waals surface area contributed by atoms with Crippen LogP contribution in [0.1, 0.15) is 23.2 Å². The Bertz CT molecular complexity index is 900. The van der Waals surface area contributed by atoms with Crippen LogP contribution in [-0.2, 0) is 19.6 Å². The van der Waals surface area contributed by atoms with Gasteiger partial charge in [-0.25, -0.2) is 13.2 Å². The van der Waals surface area contributed by atoms with E-state index in [-0.39, 0.29) is 11.8 Å². The van der Waals surface area contributed by atoms with Crippen molar-refractivity contribution >= 4 is 38.9 Å². The molecule has 2 aromatic rings. The highest BCUT2D eigenvalue weighted by atomic mass is 32.2. The van der Waals surface area contributed by atoms with Crippen molar-refractivity contribution in [2.45, 2.75) is 17.1 Å². The Kier molecular flexibility index (Phi) is 5.93. The largest absolute Gasteiger partial charge is 0.465 e. The number of hydrogen-bond donors (Lipinski definition) is 1. The van der Waals surface area contributed by atoms with Crippen molar-refractivity contribution in [3.63, 3.8) is 0 Å². The molecule has 2 heterocycles. The number of piperidine rings is 1. The molecular weight excluding hydrogens is 388 g/mol. The number of methoxy groups -OCH3 is 1. The first-order valence-corrected chi connectivity index (χ1v) is 10.8. The van der Waals surface area contributed by atoms with Crippen LogP contribution in [-0.4, -0.2) is 44.8 Å². The van der Waals surface area contributed by atoms with Crippen molar-refractivity contribution in [2.24, 2.45) is 5.92 Å². The van der Waals surface area contributed by atoms with E-state index in [2.05, 4.69) is 10.1 Å². The Morgan fingerprint density at radius 1 is 1.15 bits per heavy atom. The molecule has 1 aromatic heterocycles. The van der Waals surface area contributed by atoms with Crippen LogP contribution in [0.15, 0.2) is 46.0 Å². The zero-order chi connectivity index (χ0) is 19.4. The molecule has 1 amide bonds. The van der Waals surface area contributed by atoms with Gasteiger partial charge in [0.2, 0.25) is 5.91 Å². The number of carbonyl (C=O) groups is 2. The number of anilines is 1. The third-order valence-corrected chi connectivity index (χ3v) is 7.76. The van der Waals surface area contributed by atoms with E-state index in [9.17, 15) is 18.0 Å². The molecule has 0 spiro atoms. The van der Waals surface area contributed by atoms with Crippen LogP contribution in [0.25, 0.3) is 0 Å². The number of amides is 1. The third-order valence-electron chi connectivity index (χ3n) is 4.49. The molecule has 1 aliphatic rings. The first-order valence-electron chi connectivity index (χ1n) is 8.44. The van der Waals surface area contributed by atoms with Gasteiger partial charge in [-0.05, 0) is 48.6 Å².